The summed E-state index contributed by atoms with van der Waals surface area (Å²) in [6, 6.07) is 9.76. The maximum absolute atomic E-state index is 11.9. The zero-order chi connectivity index (χ0) is 20.2. The lowest BCUT2D eigenvalue weighted by atomic mass is 10.2. The molecule has 2 rings (SSSR count). The van der Waals surface area contributed by atoms with Crippen molar-refractivity contribution in [2.75, 3.05) is 5.73 Å². The number of rotatable bonds is 7. The number of anilines is 1. The highest BCUT2D eigenvalue weighted by atomic mass is 32.1. The number of amides is 2. The number of nitrogens with zero attached hydrogens (tertiary/aromatic N) is 1. The molecule has 0 aliphatic carbocycles. The van der Waals surface area contributed by atoms with Crippen LogP contribution in [-0.2, 0) is 11.3 Å². The van der Waals surface area contributed by atoms with E-state index in [9.17, 15) is 14.0 Å². The van der Waals surface area contributed by atoms with Crippen molar-refractivity contribution in [2.45, 2.75) is 13.5 Å². The quantitative estimate of drug-likeness (QED) is 0.501. The molecule has 0 saturated carbocycles. The summed E-state index contributed by atoms with van der Waals surface area (Å²) < 4.78 is 11.9. The summed E-state index contributed by atoms with van der Waals surface area (Å²) in [5.41, 5.74) is 7.62. The van der Waals surface area contributed by atoms with Crippen LogP contribution in [0.1, 0.15) is 20.9 Å². The second-order valence-corrected chi connectivity index (χ2v) is 6.23. The van der Waals surface area contributed by atoms with E-state index in [1.807, 2.05) is 30.3 Å². The van der Waals surface area contributed by atoms with Gasteiger partial charge in [0.1, 0.15) is 10.7 Å². The summed E-state index contributed by atoms with van der Waals surface area (Å²) in [5.74, 6) is -0.700. The minimum atomic E-state index is -0.575. The monoisotopic (exact) mass is 388 g/mol. The Labute approximate surface area is 161 Å². The number of hydrogen-bond donors (Lipinski definition) is 3. The Balaban J connectivity index is 0.000000314. The van der Waals surface area contributed by atoms with Gasteiger partial charge in [-0.15, -0.1) is 0 Å². The van der Waals surface area contributed by atoms with Crippen molar-refractivity contribution in [3.05, 3.63) is 83.3 Å². The van der Waals surface area contributed by atoms with Crippen molar-refractivity contribution in [3.8, 4) is 0 Å². The van der Waals surface area contributed by atoms with E-state index in [0.717, 1.165) is 11.6 Å². The van der Waals surface area contributed by atoms with E-state index in [4.69, 9.17) is 5.73 Å². The van der Waals surface area contributed by atoms with E-state index >= 15 is 0 Å². The number of aryl methyl sites for hydroxylation is 1. The molecule has 6 nitrogen and oxygen atoms in total. The van der Waals surface area contributed by atoms with Crippen molar-refractivity contribution in [1.29, 1.82) is 0 Å². The lowest BCUT2D eigenvalue weighted by molar-refractivity contribution is -0.108. The highest BCUT2D eigenvalue weighted by Crippen LogP contribution is 2.19. The number of nitrogens with two attached hydrogens (primary N) is 1. The Kier molecular flexibility index (Phi) is 9.18. The molecule has 0 aliphatic heterocycles. The smallest absolute Gasteiger partial charge is 0.263 e. The molecular weight excluding hydrogens is 367 g/mol. The Bertz CT molecular complexity index is 831. The van der Waals surface area contributed by atoms with Crippen molar-refractivity contribution in [3.63, 3.8) is 0 Å². The van der Waals surface area contributed by atoms with Crippen LogP contribution in [0.25, 0.3) is 0 Å². The van der Waals surface area contributed by atoms with Gasteiger partial charge in [0.25, 0.3) is 5.91 Å². The third-order valence-corrected chi connectivity index (χ3v) is 4.01. The first kappa shape index (κ1) is 21.8. The van der Waals surface area contributed by atoms with Crippen LogP contribution in [0, 0.1) is 6.92 Å². The number of hydrogen-bond acceptors (Lipinski definition) is 5. The first-order valence-corrected chi connectivity index (χ1v) is 8.61. The Morgan fingerprint density at radius 3 is 2.48 bits per heavy atom. The molecule has 27 heavy (non-hydrogen) atoms. The SMILES string of the molecule is C=C(F)/C=C\C(=C)NC=O.Cc1nc(N)sc1C(=O)NCc1ccccc1. The fraction of sp³-hybridized carbons (Fsp3) is 0.105. The molecule has 0 radical (unpaired) electrons. The van der Waals surface area contributed by atoms with Gasteiger partial charge in [-0.2, -0.15) is 0 Å². The average Bonchev–Trinajstić information content (AvgIpc) is 2.98. The van der Waals surface area contributed by atoms with Crippen LogP contribution in [0.4, 0.5) is 9.52 Å². The molecule has 0 aliphatic rings. The molecule has 0 spiro atoms. The van der Waals surface area contributed by atoms with E-state index in [0.29, 0.717) is 34.4 Å². The van der Waals surface area contributed by atoms with Gasteiger partial charge in [0.15, 0.2) is 5.13 Å². The molecule has 0 fully saturated rings. The minimum Gasteiger partial charge on any atom is -0.375 e. The van der Waals surface area contributed by atoms with Gasteiger partial charge >= 0.3 is 0 Å². The second kappa shape index (κ2) is 11.4. The predicted molar refractivity (Wildman–Crippen MR) is 107 cm³/mol. The maximum atomic E-state index is 11.9. The van der Waals surface area contributed by atoms with Gasteiger partial charge in [-0.1, -0.05) is 54.8 Å². The molecule has 2 aromatic rings. The van der Waals surface area contributed by atoms with Crippen molar-refractivity contribution < 1.29 is 14.0 Å². The van der Waals surface area contributed by atoms with Crippen molar-refractivity contribution in [1.82, 2.24) is 15.6 Å². The number of carbonyl (C=O) groups is 2. The summed E-state index contributed by atoms with van der Waals surface area (Å²) in [6.07, 6.45) is 2.89. The number of aromatic nitrogens is 1. The number of thiazole rings is 1. The molecule has 1 aromatic carbocycles. The molecule has 0 bridgehead atoms. The molecular formula is C19H21FN4O2S. The highest BCUT2D eigenvalue weighted by molar-refractivity contribution is 7.17. The van der Waals surface area contributed by atoms with E-state index in [2.05, 4.69) is 28.8 Å². The molecule has 142 valence electrons. The summed E-state index contributed by atoms with van der Waals surface area (Å²) in [5, 5.41) is 5.50. The maximum Gasteiger partial charge on any atom is 0.263 e. The van der Waals surface area contributed by atoms with Gasteiger partial charge < -0.3 is 16.4 Å². The summed E-state index contributed by atoms with van der Waals surface area (Å²) in [7, 11) is 0. The molecule has 0 unspecified atom stereocenters. The van der Waals surface area contributed by atoms with Crippen LogP contribution < -0.4 is 16.4 Å². The van der Waals surface area contributed by atoms with Gasteiger partial charge in [-0.25, -0.2) is 9.37 Å². The molecule has 1 aromatic heterocycles. The molecule has 4 N–H and O–H groups in total. The predicted octanol–water partition coefficient (Wildman–Crippen LogP) is 3.25. The van der Waals surface area contributed by atoms with Crippen LogP contribution in [0.2, 0.25) is 0 Å². The largest absolute Gasteiger partial charge is 0.375 e. The number of nitrogens with one attached hydrogen (secondary N) is 2. The van der Waals surface area contributed by atoms with Crippen LogP contribution in [0.15, 0.2) is 67.2 Å². The zero-order valence-electron chi connectivity index (χ0n) is 14.9. The topological polar surface area (TPSA) is 97.1 Å². The summed E-state index contributed by atoms with van der Waals surface area (Å²) in [6.45, 7) is 8.65. The Morgan fingerprint density at radius 2 is 1.96 bits per heavy atom. The van der Waals surface area contributed by atoms with Gasteiger partial charge in [0.2, 0.25) is 6.41 Å². The second-order valence-electron chi connectivity index (χ2n) is 5.20. The van der Waals surface area contributed by atoms with E-state index in [-0.39, 0.29) is 5.91 Å². The number of benzene rings is 1. The first-order valence-electron chi connectivity index (χ1n) is 7.80. The van der Waals surface area contributed by atoms with Crippen LogP contribution >= 0.6 is 11.3 Å². The number of halogens is 1. The molecule has 0 saturated heterocycles. The summed E-state index contributed by atoms with van der Waals surface area (Å²) >= 11 is 1.21. The Hall–Kier alpha value is -3.26. The van der Waals surface area contributed by atoms with Crippen molar-refractivity contribution >= 4 is 28.8 Å². The number of carbonyl (C=O) groups excluding carboxylic acids is 2. The fourth-order valence-electron chi connectivity index (χ4n) is 1.80. The van der Waals surface area contributed by atoms with Gasteiger partial charge in [-0.05, 0) is 24.6 Å². The van der Waals surface area contributed by atoms with Crippen LogP contribution in [-0.4, -0.2) is 17.3 Å². The van der Waals surface area contributed by atoms with Gasteiger partial charge in [0.05, 0.1) is 5.69 Å². The van der Waals surface area contributed by atoms with E-state index in [1.54, 1.807) is 6.92 Å². The standard InChI is InChI=1S/C12H13N3OS.C7H8FNO/c1-8-10(17-12(13)15-8)11(16)14-7-9-5-3-2-4-6-9;1-6(8)3-4-7(2)9-5-10/h2-6H,7H2,1H3,(H2,13,15)(H,14,16);3-5H,1-2H2,(H,9,10)/b;4-3-. The molecule has 2 amide bonds. The highest BCUT2D eigenvalue weighted by Gasteiger charge is 2.13. The molecule has 1 heterocycles. The summed E-state index contributed by atoms with van der Waals surface area (Å²) in [4.78, 5) is 26.2. The fourth-order valence-corrected chi connectivity index (χ4v) is 2.55. The van der Waals surface area contributed by atoms with E-state index < -0.39 is 5.83 Å². The van der Waals surface area contributed by atoms with Gasteiger partial charge in [0, 0.05) is 12.2 Å². The third-order valence-electron chi connectivity index (χ3n) is 3.02. The first-order chi connectivity index (χ1) is 12.8. The van der Waals surface area contributed by atoms with Crippen LogP contribution in [0.3, 0.4) is 0 Å². The van der Waals surface area contributed by atoms with Crippen LogP contribution in [0.5, 0.6) is 0 Å². The normalized spacial score (nSPS) is 9.85. The molecule has 8 heteroatoms. The van der Waals surface area contributed by atoms with E-state index in [1.165, 1.54) is 17.4 Å². The van der Waals surface area contributed by atoms with Crippen molar-refractivity contribution in [2.24, 2.45) is 0 Å². The zero-order valence-corrected chi connectivity index (χ0v) is 15.7. The Morgan fingerprint density at radius 1 is 1.30 bits per heavy atom. The number of nitrogen functional groups attached to an aromatic ring is 1. The lowest BCUT2D eigenvalue weighted by Gasteiger charge is -2.03. The lowest BCUT2D eigenvalue weighted by Crippen LogP contribution is -2.22. The minimum absolute atomic E-state index is 0.124. The molecule has 0 atom stereocenters. The average molecular weight is 388 g/mol. The number of allylic oxidation sites excluding steroid dienone is 3. The third kappa shape index (κ3) is 8.59. The van der Waals surface area contributed by atoms with Gasteiger partial charge in [-0.3, -0.25) is 9.59 Å².